The quantitative estimate of drug-likeness (QED) is 0.285. The van der Waals surface area contributed by atoms with Crippen LogP contribution in [0.15, 0.2) is 53.5 Å². The van der Waals surface area contributed by atoms with Crippen molar-refractivity contribution in [2.24, 2.45) is 4.99 Å². The molecule has 2 aromatic carbocycles. The summed E-state index contributed by atoms with van der Waals surface area (Å²) in [6.07, 6.45) is -0.126. The first-order valence-corrected chi connectivity index (χ1v) is 10.2. The third-order valence-corrected chi connectivity index (χ3v) is 4.64. The van der Waals surface area contributed by atoms with Gasteiger partial charge in [-0.05, 0) is 62.7 Å². The summed E-state index contributed by atoms with van der Waals surface area (Å²) in [4.78, 5) is 18.4. The highest BCUT2D eigenvalue weighted by atomic mass is 127. The molecule has 8 heteroatoms. The van der Waals surface area contributed by atoms with Gasteiger partial charge in [0, 0.05) is 32.2 Å². The van der Waals surface area contributed by atoms with E-state index < -0.39 is 0 Å². The smallest absolute Gasteiger partial charge is 0.253 e. The maximum atomic E-state index is 13.0. The second-order valence-corrected chi connectivity index (χ2v) is 6.86. The van der Waals surface area contributed by atoms with Gasteiger partial charge in [-0.3, -0.25) is 9.79 Å². The molecular formula is C23H32FIN4O2. The molecule has 0 spiro atoms. The van der Waals surface area contributed by atoms with Crippen LogP contribution < -0.4 is 15.4 Å². The number of benzene rings is 2. The van der Waals surface area contributed by atoms with Crippen molar-refractivity contribution in [1.29, 1.82) is 0 Å². The van der Waals surface area contributed by atoms with Gasteiger partial charge >= 0.3 is 0 Å². The average Bonchev–Trinajstić information content (AvgIpc) is 2.76. The Bertz CT molecular complexity index is 824. The Balaban J connectivity index is 0.00000480. The highest BCUT2D eigenvalue weighted by Gasteiger charge is 2.12. The van der Waals surface area contributed by atoms with E-state index in [0.29, 0.717) is 43.5 Å². The largest absolute Gasteiger partial charge is 0.489 e. The number of hydrogen-bond donors (Lipinski definition) is 2. The summed E-state index contributed by atoms with van der Waals surface area (Å²) in [5, 5.41) is 6.45. The van der Waals surface area contributed by atoms with Crippen molar-refractivity contribution in [3.05, 3.63) is 65.5 Å². The molecule has 2 rings (SSSR count). The van der Waals surface area contributed by atoms with E-state index >= 15 is 0 Å². The third-order valence-electron chi connectivity index (χ3n) is 4.64. The van der Waals surface area contributed by atoms with Crippen molar-refractivity contribution in [2.75, 3.05) is 26.7 Å². The molecule has 2 N–H and O–H groups in total. The molecule has 1 amide bonds. The summed E-state index contributed by atoms with van der Waals surface area (Å²) in [6, 6.07) is 13.5. The lowest BCUT2D eigenvalue weighted by Crippen LogP contribution is -2.41. The summed E-state index contributed by atoms with van der Waals surface area (Å²) in [7, 11) is 1.70. The highest BCUT2D eigenvalue weighted by molar-refractivity contribution is 14.0. The summed E-state index contributed by atoms with van der Waals surface area (Å²) in [5.74, 6) is 1.02. The van der Waals surface area contributed by atoms with Crippen molar-refractivity contribution in [1.82, 2.24) is 15.5 Å². The van der Waals surface area contributed by atoms with Gasteiger partial charge in [-0.2, -0.15) is 0 Å². The minimum atomic E-state index is -0.289. The van der Waals surface area contributed by atoms with E-state index in [1.54, 1.807) is 24.1 Å². The van der Waals surface area contributed by atoms with Crippen molar-refractivity contribution in [2.45, 2.75) is 33.4 Å². The first-order valence-electron chi connectivity index (χ1n) is 10.2. The number of carbonyl (C=O) groups excluding carboxylic acids is 1. The molecule has 6 nitrogen and oxygen atoms in total. The standard InChI is InChI=1S/C23H31FN4O2.HI/c1-5-28(6-2)22(29)19-9-7-18(8-10-19)16-27-23(25-4)26-15-17(3)30-21-13-11-20(24)12-14-21;/h7-14,17H,5-6,15-16H2,1-4H3,(H2,25,26,27);1H. The molecule has 0 aliphatic heterocycles. The van der Waals surface area contributed by atoms with Gasteiger partial charge in [-0.25, -0.2) is 4.39 Å². The Hall–Kier alpha value is -2.36. The fourth-order valence-corrected chi connectivity index (χ4v) is 2.89. The van der Waals surface area contributed by atoms with Gasteiger partial charge < -0.3 is 20.3 Å². The molecule has 0 aliphatic carbocycles. The zero-order valence-electron chi connectivity index (χ0n) is 18.5. The minimum absolute atomic E-state index is 0. The Morgan fingerprint density at radius 1 is 1.06 bits per heavy atom. The van der Waals surface area contributed by atoms with Crippen LogP contribution in [0.3, 0.4) is 0 Å². The van der Waals surface area contributed by atoms with Gasteiger partial charge in [0.15, 0.2) is 5.96 Å². The lowest BCUT2D eigenvalue weighted by atomic mass is 10.1. The molecular weight excluding hydrogens is 510 g/mol. The summed E-state index contributed by atoms with van der Waals surface area (Å²) < 4.78 is 18.7. The second kappa shape index (κ2) is 13.8. The zero-order valence-corrected chi connectivity index (χ0v) is 20.9. The third kappa shape index (κ3) is 8.72. The topological polar surface area (TPSA) is 66.0 Å². The van der Waals surface area contributed by atoms with Crippen molar-refractivity contribution in [3.63, 3.8) is 0 Å². The minimum Gasteiger partial charge on any atom is -0.489 e. The van der Waals surface area contributed by atoms with Crippen molar-refractivity contribution in [3.8, 4) is 5.75 Å². The molecule has 0 aliphatic rings. The average molecular weight is 542 g/mol. The number of amides is 1. The van der Waals surface area contributed by atoms with Crippen LogP contribution in [0.25, 0.3) is 0 Å². The lowest BCUT2D eigenvalue weighted by molar-refractivity contribution is 0.0773. The molecule has 0 aromatic heterocycles. The normalized spacial score (nSPS) is 11.8. The van der Waals surface area contributed by atoms with E-state index in [4.69, 9.17) is 4.74 Å². The van der Waals surface area contributed by atoms with E-state index in [1.807, 2.05) is 45.0 Å². The Morgan fingerprint density at radius 3 is 2.23 bits per heavy atom. The summed E-state index contributed by atoms with van der Waals surface area (Å²) in [5.41, 5.74) is 1.74. The van der Waals surface area contributed by atoms with Gasteiger partial charge in [-0.1, -0.05) is 12.1 Å². The van der Waals surface area contributed by atoms with E-state index in [0.717, 1.165) is 5.56 Å². The van der Waals surface area contributed by atoms with E-state index in [2.05, 4.69) is 15.6 Å². The summed E-state index contributed by atoms with van der Waals surface area (Å²) >= 11 is 0. The number of rotatable bonds is 9. The molecule has 2 aromatic rings. The monoisotopic (exact) mass is 542 g/mol. The molecule has 31 heavy (non-hydrogen) atoms. The number of guanidine groups is 1. The zero-order chi connectivity index (χ0) is 21.9. The second-order valence-electron chi connectivity index (χ2n) is 6.86. The Kier molecular flexibility index (Phi) is 11.9. The van der Waals surface area contributed by atoms with Crippen LogP contribution in [0.2, 0.25) is 0 Å². The molecule has 170 valence electrons. The number of nitrogens with one attached hydrogen (secondary N) is 2. The van der Waals surface area contributed by atoms with E-state index in [1.165, 1.54) is 12.1 Å². The first-order chi connectivity index (χ1) is 14.5. The number of aliphatic imine (C=N–C) groups is 1. The van der Waals surface area contributed by atoms with Crippen molar-refractivity contribution >= 4 is 35.8 Å². The van der Waals surface area contributed by atoms with Crippen LogP contribution in [-0.2, 0) is 6.54 Å². The van der Waals surface area contributed by atoms with Gasteiger partial charge in [0.25, 0.3) is 5.91 Å². The first kappa shape index (κ1) is 26.7. The van der Waals surface area contributed by atoms with Gasteiger partial charge in [0.05, 0.1) is 6.54 Å². The molecule has 0 bridgehead atoms. The molecule has 0 saturated carbocycles. The van der Waals surface area contributed by atoms with Crippen LogP contribution in [0.4, 0.5) is 4.39 Å². The maximum Gasteiger partial charge on any atom is 0.253 e. The number of ether oxygens (including phenoxy) is 1. The molecule has 1 atom stereocenters. The fourth-order valence-electron chi connectivity index (χ4n) is 2.89. The van der Waals surface area contributed by atoms with Crippen LogP contribution in [0.5, 0.6) is 5.75 Å². The van der Waals surface area contributed by atoms with Crippen LogP contribution in [0, 0.1) is 5.82 Å². The SMILES string of the molecule is CCN(CC)C(=O)c1ccc(CNC(=NC)NCC(C)Oc2ccc(F)cc2)cc1.I. The number of hydrogen-bond acceptors (Lipinski definition) is 3. The molecule has 0 heterocycles. The predicted molar refractivity (Wildman–Crippen MR) is 134 cm³/mol. The van der Waals surface area contributed by atoms with Gasteiger partial charge in [0.1, 0.15) is 17.7 Å². The van der Waals surface area contributed by atoms with Crippen LogP contribution in [0.1, 0.15) is 36.7 Å². The highest BCUT2D eigenvalue weighted by Crippen LogP contribution is 2.12. The van der Waals surface area contributed by atoms with Gasteiger partial charge in [0.2, 0.25) is 0 Å². The fraction of sp³-hybridized carbons (Fsp3) is 0.391. The Morgan fingerprint density at radius 2 is 1.68 bits per heavy atom. The van der Waals surface area contributed by atoms with E-state index in [9.17, 15) is 9.18 Å². The number of halogens is 2. The molecule has 1 unspecified atom stereocenters. The lowest BCUT2D eigenvalue weighted by Gasteiger charge is -2.19. The molecule has 0 fully saturated rings. The maximum absolute atomic E-state index is 13.0. The van der Waals surface area contributed by atoms with E-state index in [-0.39, 0.29) is 41.8 Å². The van der Waals surface area contributed by atoms with Crippen molar-refractivity contribution < 1.29 is 13.9 Å². The predicted octanol–water partition coefficient (Wildman–Crippen LogP) is 4.06. The molecule has 0 saturated heterocycles. The number of carbonyl (C=O) groups is 1. The van der Waals surface area contributed by atoms with Gasteiger partial charge in [-0.15, -0.1) is 24.0 Å². The molecule has 0 radical (unpaired) electrons. The Labute approximate surface area is 201 Å². The summed E-state index contributed by atoms with van der Waals surface area (Å²) in [6.45, 7) is 8.39. The van der Waals surface area contributed by atoms with Crippen LogP contribution >= 0.6 is 24.0 Å². The number of nitrogens with zero attached hydrogens (tertiary/aromatic N) is 2. The van der Waals surface area contributed by atoms with Crippen LogP contribution in [-0.4, -0.2) is 49.6 Å².